The zero-order valence-corrected chi connectivity index (χ0v) is 53.7. The van der Waals surface area contributed by atoms with Crippen LogP contribution in [0.1, 0.15) is 172 Å². The molecule has 1 unspecified atom stereocenters. The van der Waals surface area contributed by atoms with Gasteiger partial charge < -0.3 is 46.0 Å². The van der Waals surface area contributed by atoms with Crippen molar-refractivity contribution in [3.63, 3.8) is 0 Å². The lowest BCUT2D eigenvalue weighted by Crippen LogP contribution is -2.48. The van der Waals surface area contributed by atoms with Gasteiger partial charge in [0.2, 0.25) is 0 Å². The predicted molar refractivity (Wildman–Crippen MR) is 351 cm³/mol. The van der Waals surface area contributed by atoms with Gasteiger partial charge in [-0.3, -0.25) is 19.3 Å². The normalized spacial score (nSPS) is 15.7. The van der Waals surface area contributed by atoms with Gasteiger partial charge in [0.25, 0.3) is 0 Å². The lowest BCUT2D eigenvalue weighted by molar-refractivity contribution is 0.198. The summed E-state index contributed by atoms with van der Waals surface area (Å²) in [5.74, 6) is 2.03. The summed E-state index contributed by atoms with van der Waals surface area (Å²) in [5, 5.41) is 14.0. The van der Waals surface area contributed by atoms with Crippen molar-refractivity contribution in [3.8, 4) is 0 Å². The number of carbonyl (C=O) groups is 3. The van der Waals surface area contributed by atoms with Crippen LogP contribution in [0.5, 0.6) is 0 Å². The number of urea groups is 3. The molecule has 0 saturated heterocycles. The number of imidazole rings is 3. The third kappa shape index (κ3) is 19.6. The van der Waals surface area contributed by atoms with Crippen molar-refractivity contribution in [2.75, 3.05) is 0 Å². The van der Waals surface area contributed by atoms with E-state index in [0.717, 1.165) is 56.8 Å². The van der Waals surface area contributed by atoms with Crippen molar-refractivity contribution in [2.45, 2.75) is 187 Å². The van der Waals surface area contributed by atoms with Crippen LogP contribution in [-0.4, -0.2) is 117 Å². The van der Waals surface area contributed by atoms with Crippen molar-refractivity contribution in [1.29, 1.82) is 0 Å². The minimum Gasteiger partial charge on any atom is -0.369 e. The molecule has 0 radical (unpaired) electrons. The van der Waals surface area contributed by atoms with Crippen LogP contribution in [0.15, 0.2) is 126 Å². The maximum absolute atomic E-state index is 11.4. The summed E-state index contributed by atoms with van der Waals surface area (Å²) >= 11 is 0. The van der Waals surface area contributed by atoms with Gasteiger partial charge in [0.15, 0.2) is 23.2 Å². The molecule has 0 aromatic carbocycles. The van der Waals surface area contributed by atoms with Gasteiger partial charge in [-0.2, -0.15) is 9.98 Å². The Morgan fingerprint density at radius 3 is 1.64 bits per heavy atom. The molecular weight excluding hydrogens is 1100 g/mol. The molecule has 1 atom stereocenters. The zero-order valence-electron chi connectivity index (χ0n) is 53.7. The van der Waals surface area contributed by atoms with E-state index in [1.54, 1.807) is 63.1 Å². The standard InChI is InChI=1S/C9H13N5.2C9H12N4.C9H16N2O.C9H14N2O.2C8H12N2O.CH4/c1-5(2)14-4-11-7-6(3)12-9(10)13-8(7)14;2*1-6(2)13-5-12-8-7(3)10-4-11-9(8)13;2*1-6(2)11-5-7(3)8(4)10-9(11)12;2*1-6(2)10-5-4-7(3)9-8(10)11;/h4-5H,3H2,1-2H3,(H3,10,12,13);4-6H,1-3H3;4-6H,3H2,1-2H3,(H,10,11);5-6,8H,1-4H3,(H,10,12);5-6H,4H2,1-3H3,(H,10,12);4-6H,1-3H3;4-6H,3H2,1-2H3,(H,9,11);1H4. The second-order valence-corrected chi connectivity index (χ2v) is 22.6. The van der Waals surface area contributed by atoms with E-state index >= 15 is 0 Å². The van der Waals surface area contributed by atoms with Gasteiger partial charge in [0.05, 0.1) is 48.5 Å². The Bertz CT molecular complexity index is 3470. The molecule has 10 rings (SSSR count). The smallest absolute Gasteiger partial charge is 0.347 e. The molecule has 6 amide bonds. The highest BCUT2D eigenvalue weighted by Crippen LogP contribution is 2.29. The number of fused-ring (bicyclic) bond motifs is 3. The van der Waals surface area contributed by atoms with E-state index in [4.69, 9.17) is 5.73 Å². The van der Waals surface area contributed by atoms with E-state index in [2.05, 4.69) is 134 Å². The monoisotopic (exact) mass is 1200 g/mol. The number of aliphatic imine (C=N–C) groups is 2. The topological polar surface area (TPSA) is 286 Å². The van der Waals surface area contributed by atoms with Gasteiger partial charge in [-0.05, 0) is 155 Å². The predicted octanol–water partition coefficient (Wildman–Crippen LogP) is 11.2. The first-order valence-corrected chi connectivity index (χ1v) is 28.6. The Balaban J connectivity index is 0.000000266. The number of rotatable bonds is 7. The van der Waals surface area contributed by atoms with Crippen LogP contribution in [0.2, 0.25) is 0 Å². The van der Waals surface area contributed by atoms with Crippen LogP contribution in [0, 0.1) is 13.8 Å². The highest BCUT2D eigenvalue weighted by molar-refractivity contribution is 5.94. The summed E-state index contributed by atoms with van der Waals surface area (Å²) in [7, 11) is 0. The van der Waals surface area contributed by atoms with Gasteiger partial charge in [-0.25, -0.2) is 49.1 Å². The molecule has 25 heteroatoms. The van der Waals surface area contributed by atoms with E-state index in [-0.39, 0.29) is 61.4 Å². The summed E-state index contributed by atoms with van der Waals surface area (Å²) in [6, 6.07) is 3.69. The first-order chi connectivity index (χ1) is 40.2. The fourth-order valence-corrected chi connectivity index (χ4v) is 8.02. The zero-order chi connectivity index (χ0) is 64.6. The first-order valence-electron chi connectivity index (χ1n) is 28.6. The lowest BCUT2D eigenvalue weighted by Gasteiger charge is -2.31. The number of amides is 6. The minimum absolute atomic E-state index is 0. The first kappa shape index (κ1) is 71.8. The van der Waals surface area contributed by atoms with Gasteiger partial charge in [0.1, 0.15) is 23.2 Å². The Kier molecular flexibility index (Phi) is 26.6. The molecule has 5 aliphatic rings. The maximum Gasteiger partial charge on any atom is 0.347 e. The number of nitrogens with one attached hydrogen (secondary N) is 5. The van der Waals surface area contributed by atoms with Crippen LogP contribution in [0.25, 0.3) is 22.6 Å². The molecule has 0 bridgehead atoms. The van der Waals surface area contributed by atoms with E-state index in [0.29, 0.717) is 41.2 Å². The third-order valence-corrected chi connectivity index (χ3v) is 13.3. The molecular formula is C62H95N21O4. The summed E-state index contributed by atoms with van der Waals surface area (Å²) in [5.41, 5.74) is 15.6. The fourth-order valence-electron chi connectivity index (χ4n) is 8.02. The number of hydrogen-bond acceptors (Lipinski definition) is 15. The number of aromatic nitrogens is 10. The summed E-state index contributed by atoms with van der Waals surface area (Å²) in [6.07, 6.45) is 17.6. The second kappa shape index (κ2) is 32.2. The number of guanidine groups is 1. The average molecular weight is 1200 g/mol. The van der Waals surface area contributed by atoms with Crippen LogP contribution in [-0.2, 0) is 0 Å². The van der Waals surface area contributed by atoms with Crippen molar-refractivity contribution in [3.05, 3.63) is 144 Å². The molecule has 0 spiro atoms. The largest absolute Gasteiger partial charge is 0.369 e. The van der Waals surface area contributed by atoms with Crippen LogP contribution in [0.3, 0.4) is 0 Å². The van der Waals surface area contributed by atoms with Crippen molar-refractivity contribution >= 4 is 64.6 Å². The summed E-state index contributed by atoms with van der Waals surface area (Å²) < 4.78 is 7.64. The van der Waals surface area contributed by atoms with Gasteiger partial charge in [-0.1, -0.05) is 33.7 Å². The average Bonchev–Trinajstić information content (AvgIpc) is 2.52. The van der Waals surface area contributed by atoms with Gasteiger partial charge >= 0.3 is 23.8 Å². The van der Waals surface area contributed by atoms with E-state index in [9.17, 15) is 19.2 Å². The molecule has 5 aromatic heterocycles. The highest BCUT2D eigenvalue weighted by Gasteiger charge is 2.24. The number of nitrogens with two attached hydrogens (primary N) is 1. The summed E-state index contributed by atoms with van der Waals surface area (Å²) in [6.45, 7) is 53.0. The highest BCUT2D eigenvalue weighted by atomic mass is 16.2. The molecule has 87 heavy (non-hydrogen) atoms. The number of aryl methyl sites for hydroxylation is 2. The Labute approximate surface area is 513 Å². The molecule has 0 saturated carbocycles. The van der Waals surface area contributed by atoms with Gasteiger partial charge in [0, 0.05) is 84.2 Å². The second-order valence-electron chi connectivity index (χ2n) is 22.6. The molecule has 472 valence electrons. The van der Waals surface area contributed by atoms with Crippen LogP contribution >= 0.6 is 0 Å². The van der Waals surface area contributed by atoms with E-state index in [1.807, 2.05) is 129 Å². The number of carbonyl (C=O) groups excluding carboxylic acids is 3. The minimum atomic E-state index is -0.167. The van der Waals surface area contributed by atoms with Crippen LogP contribution < -0.4 is 38.0 Å². The third-order valence-electron chi connectivity index (χ3n) is 13.3. The Morgan fingerprint density at radius 2 is 1.10 bits per heavy atom. The molecule has 10 heterocycles. The molecule has 7 N–H and O–H groups in total. The van der Waals surface area contributed by atoms with Gasteiger partial charge in [-0.15, -0.1) is 0 Å². The molecule has 25 nitrogen and oxygen atoms in total. The molecule has 5 aliphatic heterocycles. The number of hydrogen-bond donors (Lipinski definition) is 6. The summed E-state index contributed by atoms with van der Waals surface area (Å²) in [4.78, 5) is 83.2. The van der Waals surface area contributed by atoms with Crippen molar-refractivity contribution in [1.82, 2.24) is 89.5 Å². The quantitative estimate of drug-likeness (QED) is 0.0885. The van der Waals surface area contributed by atoms with E-state index in [1.165, 1.54) is 5.57 Å². The molecule has 0 aliphatic carbocycles. The SMILES string of the molecule is C.C=C1C=CN(C(C)C)C(=O)N1.C=C1NC(=O)N(C(C)C)C=C1C.C=C1NC(N)=Nc2c1ncn2C(C)C.C=C1NC=Nc2c1ncn2C(C)C.CC1=CN(C(C)C)C(=O)NC1C.Cc1ccn(C(C)C)c(=O)n1.Cc1ncnc2c1ncn2C(C)C. The lowest BCUT2D eigenvalue weighted by atomic mass is 10.1. The van der Waals surface area contributed by atoms with Crippen LogP contribution in [0.4, 0.5) is 26.0 Å². The Hall–Kier alpha value is -9.42. The van der Waals surface area contributed by atoms with E-state index < -0.39 is 0 Å². The number of allylic oxidation sites excluding steroid dienone is 2. The molecule has 0 fully saturated rings. The number of nitrogens with zero attached hydrogens (tertiary/aromatic N) is 15. The fraction of sp³-hybridized carbons (Fsp3) is 0.452. The van der Waals surface area contributed by atoms with Crippen molar-refractivity contribution in [2.24, 2.45) is 15.7 Å². The molecule has 5 aromatic rings. The maximum atomic E-state index is 11.4. The Morgan fingerprint density at radius 1 is 0.575 bits per heavy atom. The van der Waals surface area contributed by atoms with Crippen molar-refractivity contribution < 1.29 is 14.4 Å².